The summed E-state index contributed by atoms with van der Waals surface area (Å²) in [5.74, 6) is -0.555. The number of methoxy groups -OCH3 is 1. The normalized spacial score (nSPS) is 14.9. The number of anilines is 1. The van der Waals surface area contributed by atoms with Gasteiger partial charge in [0.2, 0.25) is 5.91 Å². The Bertz CT molecular complexity index is 1070. The largest absolute Gasteiger partial charge is 0.497 e. The Balaban J connectivity index is 1.71. The van der Waals surface area contributed by atoms with E-state index < -0.39 is 28.5 Å². The predicted octanol–water partition coefficient (Wildman–Crippen LogP) is 4.04. The van der Waals surface area contributed by atoms with Gasteiger partial charge >= 0.3 is 0 Å². The van der Waals surface area contributed by atoms with Gasteiger partial charge in [0.05, 0.1) is 21.4 Å². The Kier molecular flexibility index (Phi) is 6.53. The van der Waals surface area contributed by atoms with Crippen molar-refractivity contribution in [2.24, 2.45) is 0 Å². The summed E-state index contributed by atoms with van der Waals surface area (Å²) in [5.41, 5.74) is 0.713. The maximum atomic E-state index is 12.6. The molecule has 1 aliphatic heterocycles. The van der Waals surface area contributed by atoms with Gasteiger partial charge in [0.15, 0.2) is 0 Å². The van der Waals surface area contributed by atoms with Crippen LogP contribution in [0.15, 0.2) is 51.8 Å². The smallest absolute Gasteiger partial charge is 0.294 e. The number of nitro benzene ring substituents is 1. The van der Waals surface area contributed by atoms with E-state index in [2.05, 4.69) is 21.2 Å². The van der Waals surface area contributed by atoms with Crippen LogP contribution in [-0.4, -0.2) is 40.5 Å². The molecule has 1 fully saturated rings. The Hall–Kier alpha value is -3.18. The van der Waals surface area contributed by atoms with E-state index in [9.17, 15) is 24.5 Å². The van der Waals surface area contributed by atoms with Crippen LogP contribution in [0.25, 0.3) is 6.08 Å². The molecule has 1 saturated heterocycles. The van der Waals surface area contributed by atoms with Crippen LogP contribution in [0.4, 0.5) is 16.2 Å². The first kappa shape index (κ1) is 21.5. The molecule has 1 N–H and O–H groups in total. The Morgan fingerprint density at radius 2 is 1.97 bits per heavy atom. The zero-order valence-corrected chi connectivity index (χ0v) is 17.9. The second-order valence-electron chi connectivity index (χ2n) is 6.01. The molecule has 2 aromatic carbocycles. The lowest BCUT2D eigenvalue weighted by Gasteiger charge is -2.12. The zero-order valence-electron chi connectivity index (χ0n) is 15.5. The highest BCUT2D eigenvalue weighted by molar-refractivity contribution is 9.10. The molecule has 0 radical (unpaired) electrons. The molecule has 1 heterocycles. The van der Waals surface area contributed by atoms with E-state index in [-0.39, 0.29) is 10.6 Å². The standard InChI is InChI=1S/C19H14BrN3O6S/c1-29-13-5-3-12(4-6-13)21-17(24)10-22-18(25)16(30-19(22)26)9-11-2-7-14(20)15(8-11)23(27)28/h2-9H,10H2,1H3,(H,21,24)/b16-9-. The van der Waals surface area contributed by atoms with Gasteiger partial charge in [0.25, 0.3) is 16.8 Å². The Labute approximate surface area is 183 Å². The first-order valence-corrected chi connectivity index (χ1v) is 10.0. The Morgan fingerprint density at radius 1 is 1.27 bits per heavy atom. The third-order valence-electron chi connectivity index (χ3n) is 4.01. The number of nitro groups is 1. The molecular weight excluding hydrogens is 478 g/mol. The molecule has 30 heavy (non-hydrogen) atoms. The summed E-state index contributed by atoms with van der Waals surface area (Å²) < 4.78 is 5.34. The molecule has 0 unspecified atom stereocenters. The molecule has 0 aliphatic carbocycles. The van der Waals surface area contributed by atoms with E-state index in [0.717, 1.165) is 4.90 Å². The molecule has 9 nitrogen and oxygen atoms in total. The molecule has 3 amide bonds. The van der Waals surface area contributed by atoms with Crippen molar-refractivity contribution in [3.05, 3.63) is 67.5 Å². The van der Waals surface area contributed by atoms with Crippen LogP contribution in [0.5, 0.6) is 5.75 Å². The van der Waals surface area contributed by atoms with Gasteiger partial charge in [-0.25, -0.2) is 0 Å². The van der Waals surface area contributed by atoms with Gasteiger partial charge in [-0.2, -0.15) is 0 Å². The maximum absolute atomic E-state index is 12.6. The van der Waals surface area contributed by atoms with Crippen molar-refractivity contribution in [2.75, 3.05) is 19.0 Å². The highest BCUT2D eigenvalue weighted by atomic mass is 79.9. The summed E-state index contributed by atoms with van der Waals surface area (Å²) in [5, 5.41) is 13.1. The number of rotatable bonds is 6. The first-order chi connectivity index (χ1) is 14.3. The van der Waals surface area contributed by atoms with Crippen molar-refractivity contribution in [3.8, 4) is 5.75 Å². The van der Waals surface area contributed by atoms with Crippen LogP contribution >= 0.6 is 27.7 Å². The average Bonchev–Trinajstić information content (AvgIpc) is 2.97. The summed E-state index contributed by atoms with van der Waals surface area (Å²) in [6, 6.07) is 10.9. The molecule has 1 aliphatic rings. The number of benzene rings is 2. The minimum Gasteiger partial charge on any atom is -0.497 e. The van der Waals surface area contributed by atoms with Gasteiger partial charge in [-0.15, -0.1) is 0 Å². The quantitative estimate of drug-likeness (QED) is 0.367. The molecule has 154 valence electrons. The highest BCUT2D eigenvalue weighted by Crippen LogP contribution is 2.33. The van der Waals surface area contributed by atoms with Crippen LogP contribution in [0.3, 0.4) is 0 Å². The first-order valence-electron chi connectivity index (χ1n) is 8.41. The third kappa shape index (κ3) is 4.86. The lowest BCUT2D eigenvalue weighted by atomic mass is 10.2. The molecule has 3 rings (SSSR count). The minimum absolute atomic E-state index is 0.0777. The lowest BCUT2D eigenvalue weighted by Crippen LogP contribution is -2.36. The second kappa shape index (κ2) is 9.09. The number of hydrogen-bond donors (Lipinski definition) is 1. The van der Waals surface area contributed by atoms with Gasteiger partial charge in [0, 0.05) is 11.8 Å². The third-order valence-corrected chi connectivity index (χ3v) is 5.59. The number of amides is 3. The summed E-state index contributed by atoms with van der Waals surface area (Å²) in [6.07, 6.45) is 1.38. The van der Waals surface area contributed by atoms with Crippen molar-refractivity contribution in [3.63, 3.8) is 0 Å². The number of hydrogen-bond acceptors (Lipinski definition) is 7. The van der Waals surface area contributed by atoms with Gasteiger partial charge in [0.1, 0.15) is 12.3 Å². The molecule has 0 bridgehead atoms. The fourth-order valence-electron chi connectivity index (χ4n) is 2.57. The van der Waals surface area contributed by atoms with E-state index in [1.165, 1.54) is 25.3 Å². The minimum atomic E-state index is -0.638. The highest BCUT2D eigenvalue weighted by Gasteiger charge is 2.36. The number of ether oxygens (including phenoxy) is 1. The summed E-state index contributed by atoms with van der Waals surface area (Å²) in [6.45, 7) is -0.450. The second-order valence-corrected chi connectivity index (χ2v) is 7.86. The monoisotopic (exact) mass is 491 g/mol. The topological polar surface area (TPSA) is 119 Å². The van der Waals surface area contributed by atoms with E-state index in [0.29, 0.717) is 33.2 Å². The van der Waals surface area contributed by atoms with Crippen molar-refractivity contribution in [2.45, 2.75) is 0 Å². The maximum Gasteiger partial charge on any atom is 0.294 e. The van der Waals surface area contributed by atoms with E-state index in [4.69, 9.17) is 4.74 Å². The average molecular weight is 492 g/mol. The van der Waals surface area contributed by atoms with Crippen LogP contribution in [0.1, 0.15) is 5.56 Å². The van der Waals surface area contributed by atoms with Crippen molar-refractivity contribution >= 4 is 62.2 Å². The molecule has 11 heteroatoms. The van der Waals surface area contributed by atoms with E-state index in [1.54, 1.807) is 30.3 Å². The number of nitrogens with one attached hydrogen (secondary N) is 1. The molecule has 0 saturated carbocycles. The SMILES string of the molecule is COc1ccc(NC(=O)CN2C(=O)S/C(=C\c3ccc(Br)c([N+](=O)[O-])c3)C2=O)cc1. The molecular formula is C19H14BrN3O6S. The number of halogens is 1. The summed E-state index contributed by atoms with van der Waals surface area (Å²) >= 11 is 3.76. The number of carbonyl (C=O) groups is 3. The number of carbonyl (C=O) groups excluding carboxylic acids is 3. The summed E-state index contributed by atoms with van der Waals surface area (Å²) in [7, 11) is 1.52. The van der Waals surface area contributed by atoms with Crippen molar-refractivity contribution in [1.82, 2.24) is 4.90 Å². The Morgan fingerprint density at radius 3 is 2.60 bits per heavy atom. The predicted molar refractivity (Wildman–Crippen MR) is 115 cm³/mol. The fraction of sp³-hybridized carbons (Fsp3) is 0.105. The summed E-state index contributed by atoms with van der Waals surface area (Å²) in [4.78, 5) is 48.4. The van der Waals surface area contributed by atoms with E-state index in [1.807, 2.05) is 0 Å². The lowest BCUT2D eigenvalue weighted by molar-refractivity contribution is -0.385. The number of nitrogens with zero attached hydrogens (tertiary/aromatic N) is 2. The van der Waals surface area contributed by atoms with Crippen LogP contribution in [0.2, 0.25) is 0 Å². The van der Waals surface area contributed by atoms with Gasteiger partial charge in [-0.1, -0.05) is 6.07 Å². The van der Waals surface area contributed by atoms with E-state index >= 15 is 0 Å². The molecule has 2 aromatic rings. The van der Waals surface area contributed by atoms with Crippen molar-refractivity contribution < 1.29 is 24.0 Å². The van der Waals surface area contributed by atoms with Crippen molar-refractivity contribution in [1.29, 1.82) is 0 Å². The number of imide groups is 1. The van der Waals surface area contributed by atoms with Crippen LogP contribution in [0, 0.1) is 10.1 Å². The van der Waals surface area contributed by atoms with Gasteiger partial charge < -0.3 is 10.1 Å². The molecule has 0 aromatic heterocycles. The van der Waals surface area contributed by atoms with Gasteiger partial charge in [-0.3, -0.25) is 29.4 Å². The van der Waals surface area contributed by atoms with Crippen LogP contribution < -0.4 is 10.1 Å². The molecule has 0 atom stereocenters. The fourth-order valence-corrected chi connectivity index (χ4v) is 3.80. The van der Waals surface area contributed by atoms with Crippen LogP contribution in [-0.2, 0) is 9.59 Å². The van der Waals surface area contributed by atoms with Gasteiger partial charge in [-0.05, 0) is 69.7 Å². The molecule has 0 spiro atoms. The number of thioether (sulfide) groups is 1. The zero-order chi connectivity index (χ0) is 21.8.